The van der Waals surface area contributed by atoms with Gasteiger partial charge >= 0.3 is 0 Å². The molecule has 0 bridgehead atoms. The van der Waals surface area contributed by atoms with Gasteiger partial charge in [-0.05, 0) is 42.2 Å². The number of amides is 1. The first-order chi connectivity index (χ1) is 11.5. The van der Waals surface area contributed by atoms with Gasteiger partial charge in [-0.2, -0.15) is 0 Å². The molecule has 1 amide bonds. The zero-order valence-electron chi connectivity index (χ0n) is 14.2. The van der Waals surface area contributed by atoms with Gasteiger partial charge in [0.25, 0.3) is 0 Å². The molecule has 2 aromatic carbocycles. The van der Waals surface area contributed by atoms with Crippen molar-refractivity contribution >= 4 is 5.91 Å². The molecule has 0 fully saturated rings. The maximum Gasteiger partial charge on any atom is 0.239 e. The van der Waals surface area contributed by atoms with Gasteiger partial charge < -0.3 is 4.90 Å². The van der Waals surface area contributed by atoms with Gasteiger partial charge in [-0.1, -0.05) is 36.4 Å². The molecule has 0 saturated heterocycles. The predicted octanol–water partition coefficient (Wildman–Crippen LogP) is 3.23. The Morgan fingerprint density at radius 2 is 1.83 bits per heavy atom. The number of likely N-dealkylation sites (N-methyl/N-ethyl adjacent to an activating group) is 1. The molecule has 0 aliphatic carbocycles. The van der Waals surface area contributed by atoms with E-state index in [0.717, 1.165) is 25.1 Å². The van der Waals surface area contributed by atoms with Gasteiger partial charge in [0, 0.05) is 26.7 Å². The maximum absolute atomic E-state index is 13.0. The highest BCUT2D eigenvalue weighted by atomic mass is 19.1. The summed E-state index contributed by atoms with van der Waals surface area (Å²) in [5.74, 6) is -0.160. The molecule has 3 rings (SSSR count). The van der Waals surface area contributed by atoms with Crippen molar-refractivity contribution in [2.75, 3.05) is 13.6 Å². The highest BCUT2D eigenvalue weighted by molar-refractivity contribution is 5.81. The van der Waals surface area contributed by atoms with Crippen LogP contribution in [0.1, 0.15) is 23.6 Å². The number of benzene rings is 2. The van der Waals surface area contributed by atoms with E-state index in [1.165, 1.54) is 23.3 Å². The number of hydrogen-bond acceptors (Lipinski definition) is 2. The van der Waals surface area contributed by atoms with Crippen LogP contribution in [0.2, 0.25) is 0 Å². The Morgan fingerprint density at radius 3 is 2.54 bits per heavy atom. The molecular weight excluding hydrogens is 303 g/mol. The smallest absolute Gasteiger partial charge is 0.239 e. The lowest BCUT2D eigenvalue weighted by Gasteiger charge is -2.34. The first-order valence-electron chi connectivity index (χ1n) is 8.35. The number of halogens is 1. The van der Waals surface area contributed by atoms with E-state index in [9.17, 15) is 9.18 Å². The normalized spacial score (nSPS) is 15.6. The first-order valence-corrected chi connectivity index (χ1v) is 8.35. The average Bonchev–Trinajstić information content (AvgIpc) is 2.62. The van der Waals surface area contributed by atoms with Crippen LogP contribution in [0, 0.1) is 5.82 Å². The van der Waals surface area contributed by atoms with Gasteiger partial charge in [-0.15, -0.1) is 0 Å². The summed E-state index contributed by atoms with van der Waals surface area (Å²) in [4.78, 5) is 16.7. The summed E-state index contributed by atoms with van der Waals surface area (Å²) in [5, 5.41) is 0. The number of carbonyl (C=O) groups excluding carboxylic acids is 1. The molecule has 1 aliphatic rings. The van der Waals surface area contributed by atoms with Crippen molar-refractivity contribution in [3.63, 3.8) is 0 Å². The predicted molar refractivity (Wildman–Crippen MR) is 92.9 cm³/mol. The van der Waals surface area contributed by atoms with Crippen LogP contribution in [0.3, 0.4) is 0 Å². The van der Waals surface area contributed by atoms with E-state index in [4.69, 9.17) is 0 Å². The van der Waals surface area contributed by atoms with E-state index < -0.39 is 0 Å². The molecule has 24 heavy (non-hydrogen) atoms. The molecule has 0 N–H and O–H groups in total. The van der Waals surface area contributed by atoms with Crippen LogP contribution in [-0.2, 0) is 24.3 Å². The number of rotatable bonds is 4. The van der Waals surface area contributed by atoms with Crippen LogP contribution in [0.4, 0.5) is 4.39 Å². The lowest BCUT2D eigenvalue weighted by atomic mass is 9.98. The molecule has 0 aromatic heterocycles. The third-order valence-electron chi connectivity index (χ3n) is 4.77. The quantitative estimate of drug-likeness (QED) is 0.861. The van der Waals surface area contributed by atoms with Crippen molar-refractivity contribution < 1.29 is 9.18 Å². The van der Waals surface area contributed by atoms with Crippen molar-refractivity contribution in [2.45, 2.75) is 32.5 Å². The monoisotopic (exact) mass is 326 g/mol. The van der Waals surface area contributed by atoms with Gasteiger partial charge in [0.05, 0.1) is 6.04 Å². The summed E-state index contributed by atoms with van der Waals surface area (Å²) >= 11 is 0. The largest absolute Gasteiger partial charge is 0.340 e. The van der Waals surface area contributed by atoms with Crippen molar-refractivity contribution in [3.8, 4) is 0 Å². The Hall–Kier alpha value is -2.20. The Balaban J connectivity index is 1.63. The van der Waals surface area contributed by atoms with Crippen LogP contribution >= 0.6 is 0 Å². The topological polar surface area (TPSA) is 23.6 Å². The Labute approximate surface area is 142 Å². The van der Waals surface area contributed by atoms with E-state index in [1.54, 1.807) is 24.1 Å². The van der Waals surface area contributed by atoms with Crippen molar-refractivity contribution in [1.29, 1.82) is 0 Å². The molecule has 1 heterocycles. The van der Waals surface area contributed by atoms with E-state index >= 15 is 0 Å². The zero-order chi connectivity index (χ0) is 17.1. The highest BCUT2D eigenvalue weighted by Crippen LogP contribution is 2.21. The van der Waals surface area contributed by atoms with Gasteiger partial charge in [-0.3, -0.25) is 9.69 Å². The second-order valence-electron chi connectivity index (χ2n) is 6.49. The minimum Gasteiger partial charge on any atom is -0.340 e. The summed E-state index contributed by atoms with van der Waals surface area (Å²) < 4.78 is 13.0. The van der Waals surface area contributed by atoms with Crippen molar-refractivity contribution in [2.24, 2.45) is 0 Å². The molecule has 126 valence electrons. The van der Waals surface area contributed by atoms with Gasteiger partial charge in [0.1, 0.15) is 5.82 Å². The van der Waals surface area contributed by atoms with E-state index in [0.29, 0.717) is 6.54 Å². The standard InChI is InChI=1S/C20H23FN2O/c1-15(23-12-11-17-5-3-4-6-18(17)14-23)20(24)22(2)13-16-7-9-19(21)10-8-16/h3-10,15H,11-14H2,1-2H3. The summed E-state index contributed by atoms with van der Waals surface area (Å²) in [6.45, 7) is 4.17. The van der Waals surface area contributed by atoms with Crippen LogP contribution in [0.15, 0.2) is 48.5 Å². The molecule has 1 atom stereocenters. The lowest BCUT2D eigenvalue weighted by Crippen LogP contribution is -2.47. The fourth-order valence-corrected chi connectivity index (χ4v) is 3.26. The summed E-state index contributed by atoms with van der Waals surface area (Å²) in [5.41, 5.74) is 3.63. The second kappa shape index (κ2) is 7.14. The minimum absolute atomic E-state index is 0.0960. The summed E-state index contributed by atoms with van der Waals surface area (Å²) in [6.07, 6.45) is 0.982. The molecular formula is C20H23FN2O. The molecule has 0 radical (unpaired) electrons. The third kappa shape index (κ3) is 3.65. The van der Waals surface area contributed by atoms with Crippen molar-refractivity contribution in [1.82, 2.24) is 9.80 Å². The van der Waals surface area contributed by atoms with E-state index in [1.807, 2.05) is 6.92 Å². The van der Waals surface area contributed by atoms with Gasteiger partial charge in [0.2, 0.25) is 5.91 Å². The third-order valence-corrected chi connectivity index (χ3v) is 4.77. The van der Waals surface area contributed by atoms with Gasteiger partial charge in [-0.25, -0.2) is 4.39 Å². The summed E-state index contributed by atoms with van der Waals surface area (Å²) in [7, 11) is 1.81. The molecule has 1 unspecified atom stereocenters. The maximum atomic E-state index is 13.0. The Morgan fingerprint density at radius 1 is 1.17 bits per heavy atom. The average molecular weight is 326 g/mol. The Kier molecular flexibility index (Phi) is 4.95. The number of nitrogens with zero attached hydrogens (tertiary/aromatic N) is 2. The van der Waals surface area contributed by atoms with E-state index in [2.05, 4.69) is 29.2 Å². The SMILES string of the molecule is CC(C(=O)N(C)Cc1ccc(F)cc1)N1CCc2ccccc2C1. The number of fused-ring (bicyclic) bond motifs is 1. The lowest BCUT2D eigenvalue weighted by molar-refractivity contribution is -0.136. The molecule has 4 heteroatoms. The molecule has 0 saturated carbocycles. The van der Waals surface area contributed by atoms with Crippen LogP contribution in [0.5, 0.6) is 0 Å². The molecule has 2 aromatic rings. The molecule has 0 spiro atoms. The van der Waals surface area contributed by atoms with Crippen LogP contribution in [-0.4, -0.2) is 35.3 Å². The molecule has 1 aliphatic heterocycles. The highest BCUT2D eigenvalue weighted by Gasteiger charge is 2.27. The van der Waals surface area contributed by atoms with Crippen LogP contribution in [0.25, 0.3) is 0 Å². The Bertz CT molecular complexity index is 714. The summed E-state index contributed by atoms with van der Waals surface area (Å²) in [6, 6.07) is 14.6. The van der Waals surface area contributed by atoms with Gasteiger partial charge in [0.15, 0.2) is 0 Å². The fraction of sp³-hybridized carbons (Fsp3) is 0.350. The zero-order valence-corrected chi connectivity index (χ0v) is 14.2. The number of hydrogen-bond donors (Lipinski definition) is 0. The fourth-order valence-electron chi connectivity index (χ4n) is 3.26. The van der Waals surface area contributed by atoms with Crippen molar-refractivity contribution in [3.05, 3.63) is 71.0 Å². The molecule has 3 nitrogen and oxygen atoms in total. The first kappa shape index (κ1) is 16.7. The second-order valence-corrected chi connectivity index (χ2v) is 6.49. The van der Waals surface area contributed by atoms with E-state index in [-0.39, 0.29) is 17.8 Å². The number of carbonyl (C=O) groups is 1. The minimum atomic E-state index is -0.256. The van der Waals surface area contributed by atoms with Crippen LogP contribution < -0.4 is 0 Å².